The largest absolute Gasteiger partial charge is 0.497 e. The average molecular weight is 387 g/mol. The van der Waals surface area contributed by atoms with Crippen LogP contribution in [0.15, 0.2) is 35.7 Å². The molecule has 26 heavy (non-hydrogen) atoms. The minimum Gasteiger partial charge on any atom is -0.497 e. The zero-order valence-corrected chi connectivity index (χ0v) is 15.9. The number of rotatable bonds is 5. The summed E-state index contributed by atoms with van der Waals surface area (Å²) in [5.41, 5.74) is 2.11. The lowest BCUT2D eigenvalue weighted by Crippen LogP contribution is -2.29. The highest BCUT2D eigenvalue weighted by molar-refractivity contribution is 7.13. The Morgan fingerprint density at radius 1 is 1.27 bits per heavy atom. The number of nitrogens with zero attached hydrogens (tertiary/aromatic N) is 3. The molecule has 0 bridgehead atoms. The number of methoxy groups -OCH3 is 1. The number of nitrogens with one attached hydrogen (secondary N) is 1. The lowest BCUT2D eigenvalue weighted by Gasteiger charge is -2.25. The molecule has 134 valence electrons. The van der Waals surface area contributed by atoms with E-state index in [1.165, 1.54) is 21.8 Å². The summed E-state index contributed by atoms with van der Waals surface area (Å²) in [6, 6.07) is 9.39. The summed E-state index contributed by atoms with van der Waals surface area (Å²) < 4.78 is 5.11. The molecule has 1 aliphatic heterocycles. The van der Waals surface area contributed by atoms with E-state index in [1.807, 2.05) is 11.3 Å². The molecule has 0 saturated carbocycles. The first-order chi connectivity index (χ1) is 12.7. The predicted octanol–water partition coefficient (Wildman–Crippen LogP) is 3.42. The van der Waals surface area contributed by atoms with Gasteiger partial charge in [-0.3, -0.25) is 9.69 Å². The van der Waals surface area contributed by atoms with Crippen LogP contribution in [0.2, 0.25) is 0 Å². The molecule has 1 N–H and O–H groups in total. The van der Waals surface area contributed by atoms with Crippen LogP contribution in [0.1, 0.15) is 25.3 Å². The summed E-state index contributed by atoms with van der Waals surface area (Å²) in [5, 5.41) is 14.5. The smallest absolute Gasteiger partial charge is 0.286 e. The molecule has 0 fully saturated rings. The van der Waals surface area contributed by atoms with Crippen LogP contribution >= 0.6 is 22.7 Å². The molecule has 1 aliphatic rings. The molecular formula is C18H18N4O2S2. The number of carbonyl (C=O) groups excluding carboxylic acids is 1. The Bertz CT molecular complexity index is 904. The Balaban J connectivity index is 1.37. The molecule has 1 aromatic carbocycles. The third-order valence-electron chi connectivity index (χ3n) is 4.25. The van der Waals surface area contributed by atoms with Gasteiger partial charge in [0.1, 0.15) is 10.8 Å². The second kappa shape index (κ2) is 7.53. The van der Waals surface area contributed by atoms with Crippen molar-refractivity contribution in [3.8, 4) is 5.75 Å². The van der Waals surface area contributed by atoms with Crippen molar-refractivity contribution in [1.29, 1.82) is 0 Å². The maximum atomic E-state index is 12.4. The van der Waals surface area contributed by atoms with Crippen molar-refractivity contribution >= 4 is 34.3 Å². The monoisotopic (exact) mass is 386 g/mol. The van der Waals surface area contributed by atoms with E-state index in [9.17, 15) is 4.79 Å². The van der Waals surface area contributed by atoms with Gasteiger partial charge < -0.3 is 10.1 Å². The number of hydrogen-bond acceptors (Lipinski definition) is 7. The summed E-state index contributed by atoms with van der Waals surface area (Å²) >= 11 is 3.18. The highest BCUT2D eigenvalue weighted by Crippen LogP contribution is 2.25. The van der Waals surface area contributed by atoms with Gasteiger partial charge in [0.15, 0.2) is 0 Å². The Kier molecular flexibility index (Phi) is 4.96. The molecule has 4 rings (SSSR count). The van der Waals surface area contributed by atoms with Crippen molar-refractivity contribution in [3.63, 3.8) is 0 Å². The molecule has 8 heteroatoms. The molecule has 0 aliphatic carbocycles. The fourth-order valence-corrected chi connectivity index (χ4v) is 4.57. The number of anilines is 1. The van der Waals surface area contributed by atoms with Gasteiger partial charge in [-0.2, -0.15) is 0 Å². The first-order valence-electron chi connectivity index (χ1n) is 8.26. The maximum absolute atomic E-state index is 12.4. The van der Waals surface area contributed by atoms with Gasteiger partial charge in [0, 0.05) is 23.7 Å². The summed E-state index contributed by atoms with van der Waals surface area (Å²) in [4.78, 5) is 16.2. The van der Waals surface area contributed by atoms with E-state index in [0.29, 0.717) is 10.7 Å². The van der Waals surface area contributed by atoms with Crippen LogP contribution in [-0.4, -0.2) is 34.7 Å². The van der Waals surface area contributed by atoms with Crippen LogP contribution in [0.25, 0.3) is 0 Å². The number of thiophene rings is 1. The molecule has 0 unspecified atom stereocenters. The van der Waals surface area contributed by atoms with Crippen molar-refractivity contribution in [2.75, 3.05) is 19.0 Å². The maximum Gasteiger partial charge on any atom is 0.286 e. The van der Waals surface area contributed by atoms with Crippen LogP contribution in [0.4, 0.5) is 5.69 Å². The Morgan fingerprint density at radius 3 is 2.92 bits per heavy atom. The van der Waals surface area contributed by atoms with Crippen LogP contribution in [0.3, 0.4) is 0 Å². The van der Waals surface area contributed by atoms with E-state index < -0.39 is 0 Å². The number of hydrogen-bond donors (Lipinski definition) is 1. The summed E-state index contributed by atoms with van der Waals surface area (Å²) in [7, 11) is 1.61. The van der Waals surface area contributed by atoms with E-state index in [0.717, 1.165) is 36.8 Å². The SMILES string of the molecule is COc1ccc(NC(=O)c2nnc(CN3CCc4sccc4C3)s2)cc1. The van der Waals surface area contributed by atoms with E-state index >= 15 is 0 Å². The molecule has 6 nitrogen and oxygen atoms in total. The molecule has 3 aromatic rings. The number of amides is 1. The first kappa shape index (κ1) is 17.1. The third-order valence-corrected chi connectivity index (χ3v) is 6.18. The fraction of sp³-hybridized carbons (Fsp3) is 0.278. The number of aromatic nitrogens is 2. The average Bonchev–Trinajstić information content (AvgIpc) is 3.31. The minimum absolute atomic E-state index is 0.238. The van der Waals surface area contributed by atoms with Gasteiger partial charge >= 0.3 is 0 Å². The van der Waals surface area contributed by atoms with Gasteiger partial charge in [-0.05, 0) is 47.7 Å². The van der Waals surface area contributed by atoms with Crippen molar-refractivity contribution in [1.82, 2.24) is 15.1 Å². The van der Waals surface area contributed by atoms with Gasteiger partial charge in [-0.25, -0.2) is 0 Å². The molecular weight excluding hydrogens is 368 g/mol. The van der Waals surface area contributed by atoms with Crippen molar-refractivity contribution < 1.29 is 9.53 Å². The number of benzene rings is 1. The summed E-state index contributed by atoms with van der Waals surface area (Å²) in [6.07, 6.45) is 1.08. The van der Waals surface area contributed by atoms with E-state index in [4.69, 9.17) is 4.74 Å². The van der Waals surface area contributed by atoms with Gasteiger partial charge in [-0.15, -0.1) is 21.5 Å². The summed E-state index contributed by atoms with van der Waals surface area (Å²) in [6.45, 7) is 2.68. The predicted molar refractivity (Wildman–Crippen MR) is 103 cm³/mol. The minimum atomic E-state index is -0.238. The third kappa shape index (κ3) is 3.77. The number of fused-ring (bicyclic) bond motifs is 1. The van der Waals surface area contributed by atoms with Gasteiger partial charge in [0.25, 0.3) is 5.91 Å². The normalized spacial score (nSPS) is 14.0. The molecule has 3 heterocycles. The van der Waals surface area contributed by atoms with Gasteiger partial charge in [0.2, 0.25) is 5.01 Å². The molecule has 0 saturated heterocycles. The quantitative estimate of drug-likeness (QED) is 0.728. The Labute approximate surface area is 159 Å². The van der Waals surface area contributed by atoms with Crippen LogP contribution in [0.5, 0.6) is 5.75 Å². The van der Waals surface area contributed by atoms with E-state index in [-0.39, 0.29) is 5.91 Å². The van der Waals surface area contributed by atoms with Gasteiger partial charge in [0.05, 0.1) is 13.7 Å². The Morgan fingerprint density at radius 2 is 2.12 bits per heavy atom. The number of carbonyl (C=O) groups is 1. The molecule has 0 spiro atoms. The fourth-order valence-electron chi connectivity index (χ4n) is 2.90. The van der Waals surface area contributed by atoms with E-state index in [1.54, 1.807) is 31.4 Å². The van der Waals surface area contributed by atoms with Crippen molar-refractivity contribution in [2.45, 2.75) is 19.5 Å². The highest BCUT2D eigenvalue weighted by atomic mass is 32.1. The molecule has 1 amide bonds. The van der Waals surface area contributed by atoms with Gasteiger partial charge in [-0.1, -0.05) is 11.3 Å². The van der Waals surface area contributed by atoms with E-state index in [2.05, 4.69) is 31.9 Å². The zero-order chi connectivity index (χ0) is 17.9. The first-order valence-corrected chi connectivity index (χ1v) is 9.96. The van der Waals surface area contributed by atoms with Crippen molar-refractivity contribution in [3.05, 3.63) is 56.2 Å². The highest BCUT2D eigenvalue weighted by Gasteiger charge is 2.20. The topological polar surface area (TPSA) is 67.3 Å². The number of ether oxygens (including phenoxy) is 1. The standard InChI is InChI=1S/C18H18N4O2S2/c1-24-14-4-2-13(3-5-14)19-17(23)18-21-20-16(26-18)11-22-8-6-15-12(10-22)7-9-25-15/h2-5,7,9H,6,8,10-11H2,1H3,(H,19,23). The second-order valence-electron chi connectivity index (χ2n) is 6.01. The summed E-state index contributed by atoms with van der Waals surface area (Å²) in [5.74, 6) is 0.509. The van der Waals surface area contributed by atoms with Crippen LogP contribution in [0, 0.1) is 0 Å². The lowest BCUT2D eigenvalue weighted by atomic mass is 10.1. The molecule has 2 aromatic heterocycles. The molecule has 0 atom stereocenters. The molecule has 0 radical (unpaired) electrons. The van der Waals surface area contributed by atoms with Crippen molar-refractivity contribution in [2.24, 2.45) is 0 Å². The lowest BCUT2D eigenvalue weighted by molar-refractivity contribution is 0.102. The second-order valence-corrected chi connectivity index (χ2v) is 8.08. The van der Waals surface area contributed by atoms with Crippen LogP contribution in [-0.2, 0) is 19.5 Å². The Hall–Kier alpha value is -2.29. The van der Waals surface area contributed by atoms with Crippen LogP contribution < -0.4 is 10.1 Å². The zero-order valence-electron chi connectivity index (χ0n) is 14.3.